The number of esters is 1. The molecule has 0 saturated heterocycles. The quantitative estimate of drug-likeness (QED) is 0.336. The summed E-state index contributed by atoms with van der Waals surface area (Å²) in [6.07, 6.45) is -0.906. The maximum absolute atomic E-state index is 13.1. The SMILES string of the molecule is COc1ccc(-c2nnc([C@H](C)OC(=O)c3ccc4c(c3)S(=O)(=O)c3ccccc3C4=O)o2)cc1. The summed E-state index contributed by atoms with van der Waals surface area (Å²) in [6.45, 7) is 1.55. The van der Waals surface area contributed by atoms with Gasteiger partial charge in [-0.1, -0.05) is 12.1 Å². The van der Waals surface area contributed by atoms with Crippen LogP contribution in [0.25, 0.3) is 11.5 Å². The summed E-state index contributed by atoms with van der Waals surface area (Å²) in [5, 5.41) is 7.93. The average Bonchev–Trinajstić information content (AvgIpc) is 3.38. The van der Waals surface area contributed by atoms with Gasteiger partial charge in [-0.3, -0.25) is 4.79 Å². The van der Waals surface area contributed by atoms with E-state index < -0.39 is 27.7 Å². The van der Waals surface area contributed by atoms with Crippen LogP contribution in [0.5, 0.6) is 5.75 Å². The fourth-order valence-corrected chi connectivity index (χ4v) is 5.42. The number of aromatic nitrogens is 2. The molecule has 176 valence electrons. The van der Waals surface area contributed by atoms with Gasteiger partial charge in [-0.2, -0.15) is 0 Å². The smallest absolute Gasteiger partial charge is 0.338 e. The zero-order valence-electron chi connectivity index (χ0n) is 18.6. The largest absolute Gasteiger partial charge is 0.497 e. The van der Waals surface area contributed by atoms with Crippen molar-refractivity contribution in [3.8, 4) is 17.2 Å². The van der Waals surface area contributed by atoms with E-state index in [1.165, 1.54) is 24.3 Å². The van der Waals surface area contributed by atoms with Crippen molar-refractivity contribution in [1.82, 2.24) is 10.2 Å². The van der Waals surface area contributed by atoms with Gasteiger partial charge in [-0.05, 0) is 61.5 Å². The Morgan fingerprint density at radius 2 is 1.66 bits per heavy atom. The Labute approximate surface area is 200 Å². The van der Waals surface area contributed by atoms with E-state index in [2.05, 4.69) is 10.2 Å². The minimum atomic E-state index is -3.98. The lowest BCUT2D eigenvalue weighted by atomic mass is 10.0. The Morgan fingerprint density at radius 3 is 2.40 bits per heavy atom. The Hall–Kier alpha value is -4.31. The summed E-state index contributed by atoms with van der Waals surface area (Å²) in [7, 11) is -2.42. The number of hydrogen-bond donors (Lipinski definition) is 0. The monoisotopic (exact) mass is 490 g/mol. The molecule has 0 unspecified atom stereocenters. The molecular formula is C25H18N2O7S. The number of nitrogens with zero attached hydrogens (tertiary/aromatic N) is 2. The highest BCUT2D eigenvalue weighted by atomic mass is 32.2. The molecule has 4 aromatic rings. The molecule has 0 saturated carbocycles. The summed E-state index contributed by atoms with van der Waals surface area (Å²) in [5.41, 5.74) is 0.747. The van der Waals surface area contributed by atoms with Crippen LogP contribution in [0.2, 0.25) is 0 Å². The lowest BCUT2D eigenvalue weighted by molar-refractivity contribution is 0.0279. The molecule has 35 heavy (non-hydrogen) atoms. The number of carbonyl (C=O) groups excluding carboxylic acids is 2. The van der Waals surface area contributed by atoms with Gasteiger partial charge in [-0.15, -0.1) is 10.2 Å². The molecule has 1 aromatic heterocycles. The fourth-order valence-electron chi connectivity index (χ4n) is 3.74. The molecule has 1 aliphatic rings. The first-order chi connectivity index (χ1) is 16.8. The standard InChI is InChI=1S/C25H18N2O7S/c1-14(23-26-27-24(34-23)15-7-10-17(32-2)11-8-15)33-25(29)16-9-12-19-21(13-16)35(30,31)20-6-4-3-5-18(20)22(19)28/h3-14H,1-2H3/t14-/m0/s1. The van der Waals surface area contributed by atoms with Crippen LogP contribution in [0, 0.1) is 0 Å². The molecule has 3 aromatic carbocycles. The van der Waals surface area contributed by atoms with Crippen molar-refractivity contribution in [2.24, 2.45) is 0 Å². The highest BCUT2D eigenvalue weighted by molar-refractivity contribution is 7.91. The van der Waals surface area contributed by atoms with Gasteiger partial charge in [0.25, 0.3) is 5.89 Å². The van der Waals surface area contributed by atoms with Crippen LogP contribution in [-0.4, -0.2) is 37.5 Å². The molecule has 10 heteroatoms. The third-order valence-electron chi connectivity index (χ3n) is 5.58. The van der Waals surface area contributed by atoms with Gasteiger partial charge in [0.15, 0.2) is 11.9 Å². The molecular weight excluding hydrogens is 472 g/mol. The van der Waals surface area contributed by atoms with Gasteiger partial charge in [0.2, 0.25) is 15.7 Å². The summed E-state index contributed by atoms with van der Waals surface area (Å²) in [6, 6.07) is 16.8. The van der Waals surface area contributed by atoms with E-state index in [0.29, 0.717) is 11.3 Å². The van der Waals surface area contributed by atoms with Crippen molar-refractivity contribution in [2.45, 2.75) is 22.8 Å². The molecule has 0 bridgehead atoms. The van der Waals surface area contributed by atoms with E-state index >= 15 is 0 Å². The molecule has 0 N–H and O–H groups in total. The summed E-state index contributed by atoms with van der Waals surface area (Å²) in [5.74, 6) is -0.240. The van der Waals surface area contributed by atoms with Crippen LogP contribution in [-0.2, 0) is 14.6 Å². The number of rotatable bonds is 5. The van der Waals surface area contributed by atoms with Crippen LogP contribution < -0.4 is 4.74 Å². The van der Waals surface area contributed by atoms with Crippen molar-refractivity contribution in [2.75, 3.05) is 7.11 Å². The molecule has 1 atom stereocenters. The highest BCUT2D eigenvalue weighted by Gasteiger charge is 2.35. The third kappa shape index (κ3) is 3.87. The number of carbonyl (C=O) groups is 2. The maximum atomic E-state index is 13.1. The number of fused-ring (bicyclic) bond motifs is 2. The van der Waals surface area contributed by atoms with E-state index in [9.17, 15) is 18.0 Å². The van der Waals surface area contributed by atoms with E-state index in [4.69, 9.17) is 13.9 Å². The molecule has 5 rings (SSSR count). The highest BCUT2D eigenvalue weighted by Crippen LogP contribution is 2.35. The second kappa shape index (κ2) is 8.48. The normalized spacial score (nSPS) is 14.5. The number of hydrogen-bond acceptors (Lipinski definition) is 9. The van der Waals surface area contributed by atoms with Crippen molar-refractivity contribution < 1.29 is 31.9 Å². The van der Waals surface area contributed by atoms with Gasteiger partial charge < -0.3 is 13.9 Å². The molecule has 0 radical (unpaired) electrons. The van der Waals surface area contributed by atoms with E-state index in [1.807, 2.05) is 0 Å². The summed E-state index contributed by atoms with van der Waals surface area (Å²) >= 11 is 0. The second-order valence-corrected chi connectivity index (χ2v) is 9.65. The molecule has 9 nitrogen and oxygen atoms in total. The van der Waals surface area contributed by atoms with E-state index in [0.717, 1.165) is 6.07 Å². The van der Waals surface area contributed by atoms with Gasteiger partial charge in [0.05, 0.1) is 22.5 Å². The van der Waals surface area contributed by atoms with Crippen LogP contribution in [0.4, 0.5) is 0 Å². The van der Waals surface area contributed by atoms with Crippen molar-refractivity contribution in [3.05, 3.63) is 89.3 Å². The number of methoxy groups -OCH3 is 1. The van der Waals surface area contributed by atoms with Crippen LogP contribution in [0.3, 0.4) is 0 Å². The van der Waals surface area contributed by atoms with Crippen LogP contribution in [0.1, 0.15) is 45.2 Å². The first kappa shape index (κ1) is 22.5. The van der Waals surface area contributed by atoms with Crippen molar-refractivity contribution in [3.63, 3.8) is 0 Å². The summed E-state index contributed by atoms with van der Waals surface area (Å²) in [4.78, 5) is 25.3. The van der Waals surface area contributed by atoms with Gasteiger partial charge in [-0.25, -0.2) is 13.2 Å². The molecule has 2 heterocycles. The van der Waals surface area contributed by atoms with Crippen LogP contribution >= 0.6 is 0 Å². The first-order valence-corrected chi connectivity index (χ1v) is 12.0. The number of ketones is 1. The molecule has 1 aliphatic heterocycles. The number of sulfone groups is 1. The topological polar surface area (TPSA) is 126 Å². The molecule has 0 spiro atoms. The number of benzene rings is 3. The van der Waals surface area contributed by atoms with E-state index in [-0.39, 0.29) is 38.3 Å². The third-order valence-corrected chi connectivity index (χ3v) is 7.43. The zero-order chi connectivity index (χ0) is 24.7. The lowest BCUT2D eigenvalue weighted by Gasteiger charge is -2.19. The average molecular weight is 490 g/mol. The number of ether oxygens (including phenoxy) is 2. The Bertz CT molecular complexity index is 1570. The predicted octanol–water partition coefficient (Wildman–Crippen LogP) is 4.04. The minimum absolute atomic E-state index is 0.00864. The van der Waals surface area contributed by atoms with Crippen LogP contribution in [0.15, 0.2) is 80.9 Å². The molecule has 0 amide bonds. The van der Waals surface area contributed by atoms with Gasteiger partial charge in [0.1, 0.15) is 5.75 Å². The van der Waals surface area contributed by atoms with E-state index in [1.54, 1.807) is 50.4 Å². The summed E-state index contributed by atoms with van der Waals surface area (Å²) < 4.78 is 42.4. The van der Waals surface area contributed by atoms with Crippen molar-refractivity contribution >= 4 is 21.6 Å². The Balaban J connectivity index is 1.38. The van der Waals surface area contributed by atoms with Gasteiger partial charge >= 0.3 is 5.97 Å². The lowest BCUT2D eigenvalue weighted by Crippen LogP contribution is -2.21. The first-order valence-electron chi connectivity index (χ1n) is 10.5. The fraction of sp³-hybridized carbons (Fsp3) is 0.120. The molecule has 0 aliphatic carbocycles. The van der Waals surface area contributed by atoms with Crippen molar-refractivity contribution in [1.29, 1.82) is 0 Å². The minimum Gasteiger partial charge on any atom is -0.497 e. The Kier molecular flexibility index (Phi) is 5.45. The maximum Gasteiger partial charge on any atom is 0.338 e. The molecule has 0 fully saturated rings. The zero-order valence-corrected chi connectivity index (χ0v) is 19.4. The Morgan fingerprint density at radius 1 is 0.943 bits per heavy atom. The van der Waals surface area contributed by atoms with Gasteiger partial charge in [0, 0.05) is 16.7 Å². The predicted molar refractivity (Wildman–Crippen MR) is 122 cm³/mol. The second-order valence-electron chi connectivity index (χ2n) is 7.76.